The van der Waals surface area contributed by atoms with Gasteiger partial charge in [-0.1, -0.05) is 0 Å². The van der Waals surface area contributed by atoms with Gasteiger partial charge < -0.3 is 0 Å². The van der Waals surface area contributed by atoms with E-state index in [4.69, 9.17) is 0 Å². The molecule has 2 N–H and O–H groups in total. The molecule has 0 amide bonds. The molecule has 3 aromatic rings. The quantitative estimate of drug-likeness (QED) is 0.668. The average Bonchev–Trinajstić information content (AvgIpc) is 3.16. The number of nitrogens with zero attached hydrogens (tertiary/aromatic N) is 4. The van der Waals surface area contributed by atoms with E-state index in [1.54, 1.807) is 0 Å². The van der Waals surface area contributed by atoms with Gasteiger partial charge in [0.2, 0.25) is 0 Å². The zero-order chi connectivity index (χ0) is 20.2. The van der Waals surface area contributed by atoms with Gasteiger partial charge in [-0.05, 0) is 0 Å². The van der Waals surface area contributed by atoms with Crippen LogP contribution in [0.1, 0.15) is 36.8 Å². The number of alkyl halides is 2. The minimum atomic E-state index is -2.62. The van der Waals surface area contributed by atoms with E-state index in [0.29, 0.717) is 11.0 Å². The standard InChI is InChI=1S/C19H22BF2N5OS/c1-11-8-26(5-4-23-11)13-6-12(19(10-28)2-3-19)9-27-14(13)7-20-15(27)17-24-25-18(29-17)16(21)22/h6-7,9,11,16,23,28H,2-5,8,10H2,1H3. The number of hydrogen-bond acceptors (Lipinski definition) is 6. The Balaban J connectivity index is 1.66. The van der Waals surface area contributed by atoms with Crippen LogP contribution in [0.5, 0.6) is 0 Å². The molecule has 1 unspecified atom stereocenters. The first-order valence-electron chi connectivity index (χ1n) is 9.87. The van der Waals surface area contributed by atoms with Crippen molar-refractivity contribution in [3.05, 3.63) is 28.8 Å². The normalized spacial score (nSPS) is 21.1. The summed E-state index contributed by atoms with van der Waals surface area (Å²) in [6.07, 6.45) is 1.33. The van der Waals surface area contributed by atoms with Gasteiger partial charge in [0.25, 0.3) is 0 Å². The van der Waals surface area contributed by atoms with Crippen LogP contribution in [0.3, 0.4) is 0 Å². The van der Waals surface area contributed by atoms with Gasteiger partial charge in [-0.2, -0.15) is 0 Å². The molecule has 1 atom stereocenters. The maximum absolute atomic E-state index is 13.0. The van der Waals surface area contributed by atoms with Gasteiger partial charge in [0, 0.05) is 0 Å². The Morgan fingerprint density at radius 2 is 2.24 bits per heavy atom. The summed E-state index contributed by atoms with van der Waals surface area (Å²) < 4.78 is 28.1. The second-order valence-electron chi connectivity index (χ2n) is 8.07. The molecule has 0 spiro atoms. The van der Waals surface area contributed by atoms with Gasteiger partial charge in [-0.25, -0.2) is 0 Å². The van der Waals surface area contributed by atoms with Crippen LogP contribution in [0.25, 0.3) is 16.1 Å². The fraction of sp³-hybridized carbons (Fsp3) is 0.526. The van der Waals surface area contributed by atoms with E-state index in [0.717, 1.165) is 66.2 Å². The zero-order valence-corrected chi connectivity index (χ0v) is 16.9. The molecule has 2 fully saturated rings. The van der Waals surface area contributed by atoms with Gasteiger partial charge in [0.1, 0.15) is 0 Å². The van der Waals surface area contributed by atoms with Crippen molar-refractivity contribution in [2.45, 2.75) is 37.6 Å². The second-order valence-corrected chi connectivity index (χ2v) is 9.08. The molecule has 3 aromatic heterocycles. The number of fused-ring (bicyclic) bond motifs is 1. The van der Waals surface area contributed by atoms with Crippen molar-refractivity contribution in [2.24, 2.45) is 0 Å². The van der Waals surface area contributed by atoms with E-state index in [1.165, 1.54) is 0 Å². The van der Waals surface area contributed by atoms with Gasteiger partial charge in [0.15, 0.2) is 0 Å². The molecule has 0 radical (unpaired) electrons. The number of halogens is 2. The Morgan fingerprint density at radius 3 is 2.90 bits per heavy atom. The van der Waals surface area contributed by atoms with Crippen LogP contribution in [0.15, 0.2) is 18.2 Å². The SMILES string of the molecule is CC1CN(c2cc(C3(CO)CC3)cn3c(-c4nnc(C(F)F)s4)bcc23)CCN1. The van der Waals surface area contributed by atoms with Crippen molar-refractivity contribution in [3.8, 4) is 10.6 Å². The third-order valence-electron chi connectivity index (χ3n) is 6.07. The van der Waals surface area contributed by atoms with E-state index in [1.807, 2.05) is 23.5 Å². The Morgan fingerprint density at radius 1 is 1.41 bits per heavy atom. The van der Waals surface area contributed by atoms with Crippen molar-refractivity contribution in [1.29, 1.82) is 0 Å². The molecule has 1 saturated heterocycles. The average molecular weight is 417 g/mol. The first-order valence-corrected chi connectivity index (χ1v) is 10.7. The summed E-state index contributed by atoms with van der Waals surface area (Å²) in [7, 11) is 0. The van der Waals surface area contributed by atoms with Crippen LogP contribution in [-0.4, -0.2) is 58.9 Å². The molecule has 6 nitrogen and oxygen atoms in total. The van der Waals surface area contributed by atoms with Crippen molar-refractivity contribution in [2.75, 3.05) is 31.1 Å². The first kappa shape index (κ1) is 19.1. The number of aromatic nitrogens is 3. The summed E-state index contributed by atoms with van der Waals surface area (Å²) in [5.41, 5.74) is 3.77. The first-order chi connectivity index (χ1) is 14.0. The van der Waals surface area contributed by atoms with Crippen molar-refractivity contribution < 1.29 is 13.9 Å². The predicted molar refractivity (Wildman–Crippen MR) is 110 cm³/mol. The topological polar surface area (TPSA) is 65.7 Å². The number of pyridine rings is 1. The summed E-state index contributed by atoms with van der Waals surface area (Å²) in [5, 5.41) is 21.3. The van der Waals surface area contributed by atoms with Crippen LogP contribution >= 0.6 is 11.3 Å². The van der Waals surface area contributed by atoms with E-state index in [2.05, 4.69) is 33.4 Å². The molecular formula is C19H22BF2N5OS. The van der Waals surface area contributed by atoms with Crippen LogP contribution in [0, 0.1) is 0 Å². The Labute approximate surface area is 171 Å². The molecule has 5 rings (SSSR count). The molecule has 1 aliphatic carbocycles. The predicted octanol–water partition coefficient (Wildman–Crippen LogP) is 2.56. The molecule has 2 aliphatic rings. The molecule has 1 aliphatic heterocycles. The molecule has 0 aromatic carbocycles. The summed E-state index contributed by atoms with van der Waals surface area (Å²) in [5.74, 6) is 2.02. The maximum atomic E-state index is 13.0. The van der Waals surface area contributed by atoms with Gasteiger partial charge >= 0.3 is 171 Å². The fourth-order valence-electron chi connectivity index (χ4n) is 4.18. The number of rotatable bonds is 5. The number of piperazine rings is 1. The molecule has 1 saturated carbocycles. The minimum absolute atomic E-state index is 0.112. The number of anilines is 1. The Kier molecular flexibility index (Phi) is 4.67. The third kappa shape index (κ3) is 3.27. The molecule has 0 bridgehead atoms. The molecule has 29 heavy (non-hydrogen) atoms. The zero-order valence-electron chi connectivity index (χ0n) is 16.1. The van der Waals surface area contributed by atoms with Gasteiger partial charge in [0.05, 0.1) is 0 Å². The summed E-state index contributed by atoms with van der Waals surface area (Å²) in [4.78, 5) is 2.36. The molecule has 4 heterocycles. The number of aliphatic hydroxyl groups excluding tert-OH is 1. The van der Waals surface area contributed by atoms with Crippen molar-refractivity contribution >= 4 is 29.5 Å². The Bertz CT molecular complexity index is 1050. The van der Waals surface area contributed by atoms with Crippen molar-refractivity contribution in [3.63, 3.8) is 0 Å². The number of aliphatic hydroxyl groups is 1. The second kappa shape index (κ2) is 7.10. The van der Waals surface area contributed by atoms with E-state index < -0.39 is 6.43 Å². The Hall–Kier alpha value is -1.91. The van der Waals surface area contributed by atoms with E-state index in [9.17, 15) is 13.9 Å². The van der Waals surface area contributed by atoms with Crippen molar-refractivity contribution in [1.82, 2.24) is 19.9 Å². The summed E-state index contributed by atoms with van der Waals surface area (Å²) in [6.45, 7) is 6.89. The monoisotopic (exact) mass is 417 g/mol. The van der Waals surface area contributed by atoms with Crippen LogP contribution in [-0.2, 0) is 5.41 Å². The van der Waals surface area contributed by atoms with Gasteiger partial charge in [-0.15, -0.1) is 0 Å². The summed E-state index contributed by atoms with van der Waals surface area (Å²) >= 11 is 0.924. The molecule has 10 heteroatoms. The third-order valence-corrected chi connectivity index (χ3v) is 7.02. The van der Waals surface area contributed by atoms with E-state index >= 15 is 0 Å². The number of hydrogen-bond donors (Lipinski definition) is 2. The van der Waals surface area contributed by atoms with Crippen LogP contribution < -0.4 is 10.2 Å². The molecule has 152 valence electrons. The van der Waals surface area contributed by atoms with Crippen LogP contribution in [0.4, 0.5) is 14.5 Å². The van der Waals surface area contributed by atoms with Gasteiger partial charge in [-0.3, -0.25) is 0 Å². The fourth-order valence-corrected chi connectivity index (χ4v) is 4.90. The summed E-state index contributed by atoms with van der Waals surface area (Å²) in [6, 6.07) is 2.58. The van der Waals surface area contributed by atoms with E-state index in [-0.39, 0.29) is 17.0 Å². The molecular weight excluding hydrogens is 395 g/mol. The van der Waals surface area contributed by atoms with Crippen LogP contribution in [0.2, 0.25) is 0 Å². The number of nitrogens with one attached hydrogen (secondary N) is 1.